The number of hydrogen-bond acceptors (Lipinski definition) is 4. The van der Waals surface area contributed by atoms with Crippen molar-refractivity contribution in [3.05, 3.63) is 22.8 Å². The average molecular weight is 215 g/mol. The van der Waals surface area contributed by atoms with Crippen LogP contribution in [0.15, 0.2) is 12.1 Å². The highest BCUT2D eigenvalue weighted by atomic mass is 35.5. The van der Waals surface area contributed by atoms with Crippen LogP contribution in [-0.4, -0.2) is 24.6 Å². The number of rotatable bonds is 3. The van der Waals surface area contributed by atoms with E-state index in [0.29, 0.717) is 18.0 Å². The molecule has 0 saturated heterocycles. The van der Waals surface area contributed by atoms with E-state index in [-0.39, 0.29) is 5.15 Å². The SMILES string of the molecule is CCOC(=O)c1cc(Cl)nc(NC)c1. The second kappa shape index (κ2) is 4.81. The minimum absolute atomic E-state index is 0.264. The van der Waals surface area contributed by atoms with Crippen LogP contribution in [0.3, 0.4) is 0 Å². The lowest BCUT2D eigenvalue weighted by atomic mass is 10.2. The molecule has 0 aromatic carbocycles. The molecule has 1 heterocycles. The number of aromatic nitrogens is 1. The van der Waals surface area contributed by atoms with Crippen LogP contribution < -0.4 is 5.32 Å². The first-order chi connectivity index (χ1) is 6.67. The van der Waals surface area contributed by atoms with Gasteiger partial charge in [-0.2, -0.15) is 0 Å². The van der Waals surface area contributed by atoms with Crippen molar-refractivity contribution in [1.29, 1.82) is 0 Å². The summed E-state index contributed by atoms with van der Waals surface area (Å²) >= 11 is 5.71. The zero-order valence-corrected chi connectivity index (χ0v) is 8.76. The van der Waals surface area contributed by atoms with Gasteiger partial charge in [-0.3, -0.25) is 0 Å². The van der Waals surface area contributed by atoms with Crippen molar-refractivity contribution in [2.75, 3.05) is 19.0 Å². The Kier molecular flexibility index (Phi) is 3.71. The van der Waals surface area contributed by atoms with E-state index in [1.807, 2.05) is 0 Å². The molecule has 76 valence electrons. The lowest BCUT2D eigenvalue weighted by Gasteiger charge is -2.04. The number of anilines is 1. The summed E-state index contributed by atoms with van der Waals surface area (Å²) in [5.74, 6) is 0.147. The zero-order valence-electron chi connectivity index (χ0n) is 8.00. The van der Waals surface area contributed by atoms with Crippen LogP contribution >= 0.6 is 11.6 Å². The third-order valence-corrected chi connectivity index (χ3v) is 1.75. The molecule has 1 aromatic rings. The second-order valence-electron chi connectivity index (χ2n) is 2.53. The molecule has 0 aliphatic carbocycles. The molecule has 0 fully saturated rings. The molecule has 1 rings (SSSR count). The van der Waals surface area contributed by atoms with Crippen LogP contribution in [0.25, 0.3) is 0 Å². The molecule has 4 nitrogen and oxygen atoms in total. The topological polar surface area (TPSA) is 51.2 Å². The van der Waals surface area contributed by atoms with Crippen molar-refractivity contribution < 1.29 is 9.53 Å². The Bertz CT molecular complexity index is 342. The normalized spacial score (nSPS) is 9.64. The third-order valence-electron chi connectivity index (χ3n) is 1.56. The molecule has 1 N–H and O–H groups in total. The monoisotopic (exact) mass is 214 g/mol. The number of carbonyl (C=O) groups excluding carboxylic acids is 1. The van der Waals surface area contributed by atoms with Crippen molar-refractivity contribution in [2.24, 2.45) is 0 Å². The van der Waals surface area contributed by atoms with E-state index >= 15 is 0 Å². The maximum absolute atomic E-state index is 11.3. The highest BCUT2D eigenvalue weighted by Gasteiger charge is 2.09. The molecule has 1 aromatic heterocycles. The summed E-state index contributed by atoms with van der Waals surface area (Å²) in [5, 5.41) is 3.07. The largest absolute Gasteiger partial charge is 0.462 e. The average Bonchev–Trinajstić information content (AvgIpc) is 2.17. The number of nitrogens with zero attached hydrogens (tertiary/aromatic N) is 1. The molecular weight excluding hydrogens is 204 g/mol. The number of pyridine rings is 1. The quantitative estimate of drug-likeness (QED) is 0.617. The fraction of sp³-hybridized carbons (Fsp3) is 0.333. The van der Waals surface area contributed by atoms with Crippen LogP contribution in [0.4, 0.5) is 5.82 Å². The molecule has 0 spiro atoms. The van der Waals surface area contributed by atoms with Gasteiger partial charge in [0, 0.05) is 7.05 Å². The van der Waals surface area contributed by atoms with Gasteiger partial charge < -0.3 is 10.1 Å². The van der Waals surface area contributed by atoms with Gasteiger partial charge in [0.15, 0.2) is 0 Å². The molecule has 14 heavy (non-hydrogen) atoms. The van der Waals surface area contributed by atoms with Crippen molar-refractivity contribution >= 4 is 23.4 Å². The zero-order chi connectivity index (χ0) is 10.6. The number of carbonyl (C=O) groups is 1. The Morgan fingerprint density at radius 3 is 2.93 bits per heavy atom. The summed E-state index contributed by atoms with van der Waals surface area (Å²) in [6.45, 7) is 2.09. The van der Waals surface area contributed by atoms with E-state index in [4.69, 9.17) is 16.3 Å². The summed E-state index contributed by atoms with van der Waals surface area (Å²) < 4.78 is 4.83. The standard InChI is InChI=1S/C9H11ClN2O2/c1-3-14-9(13)6-4-7(10)12-8(5-6)11-2/h4-5H,3H2,1-2H3,(H,11,12). The van der Waals surface area contributed by atoms with Gasteiger partial charge in [0.25, 0.3) is 0 Å². The van der Waals surface area contributed by atoms with Crippen LogP contribution in [-0.2, 0) is 4.74 Å². The highest BCUT2D eigenvalue weighted by Crippen LogP contribution is 2.14. The van der Waals surface area contributed by atoms with Crippen molar-refractivity contribution in [1.82, 2.24) is 4.98 Å². The molecule has 5 heteroatoms. The van der Waals surface area contributed by atoms with Crippen molar-refractivity contribution in [3.63, 3.8) is 0 Å². The van der Waals surface area contributed by atoms with Crippen LogP contribution in [0, 0.1) is 0 Å². The molecule has 0 bridgehead atoms. The molecule has 0 radical (unpaired) electrons. The first-order valence-corrected chi connectivity index (χ1v) is 4.57. The molecule has 0 aliphatic rings. The Hall–Kier alpha value is -1.29. The molecule has 0 aliphatic heterocycles. The second-order valence-corrected chi connectivity index (χ2v) is 2.92. The predicted molar refractivity (Wildman–Crippen MR) is 54.8 cm³/mol. The summed E-state index contributed by atoms with van der Waals surface area (Å²) in [4.78, 5) is 15.3. The van der Waals surface area contributed by atoms with E-state index in [0.717, 1.165) is 0 Å². The lowest BCUT2D eigenvalue weighted by Crippen LogP contribution is -2.06. The Balaban J connectivity index is 2.96. The third kappa shape index (κ3) is 2.60. The van der Waals surface area contributed by atoms with Gasteiger partial charge in [0.05, 0.1) is 12.2 Å². The minimum Gasteiger partial charge on any atom is -0.462 e. The summed E-state index contributed by atoms with van der Waals surface area (Å²) in [6, 6.07) is 3.06. The van der Waals surface area contributed by atoms with E-state index in [1.165, 1.54) is 6.07 Å². The van der Waals surface area contributed by atoms with Gasteiger partial charge in [-0.15, -0.1) is 0 Å². The summed E-state index contributed by atoms with van der Waals surface area (Å²) in [6.07, 6.45) is 0. The van der Waals surface area contributed by atoms with E-state index in [1.54, 1.807) is 20.0 Å². The van der Waals surface area contributed by atoms with Crippen LogP contribution in [0.2, 0.25) is 5.15 Å². The smallest absolute Gasteiger partial charge is 0.338 e. The molecule has 0 unspecified atom stereocenters. The lowest BCUT2D eigenvalue weighted by molar-refractivity contribution is 0.0526. The van der Waals surface area contributed by atoms with Gasteiger partial charge in [-0.05, 0) is 19.1 Å². The molecule has 0 saturated carbocycles. The summed E-state index contributed by atoms with van der Waals surface area (Å²) in [7, 11) is 1.70. The first-order valence-electron chi connectivity index (χ1n) is 4.19. The first kappa shape index (κ1) is 10.8. The maximum atomic E-state index is 11.3. The fourth-order valence-corrected chi connectivity index (χ4v) is 1.17. The van der Waals surface area contributed by atoms with E-state index in [9.17, 15) is 4.79 Å². The minimum atomic E-state index is -0.395. The van der Waals surface area contributed by atoms with Gasteiger partial charge in [0.2, 0.25) is 0 Å². The van der Waals surface area contributed by atoms with Crippen LogP contribution in [0.1, 0.15) is 17.3 Å². The summed E-state index contributed by atoms with van der Waals surface area (Å²) in [5.41, 5.74) is 0.399. The van der Waals surface area contributed by atoms with E-state index < -0.39 is 5.97 Å². The van der Waals surface area contributed by atoms with Gasteiger partial charge >= 0.3 is 5.97 Å². The van der Waals surface area contributed by atoms with Gasteiger partial charge in [-0.1, -0.05) is 11.6 Å². The molecule has 0 atom stereocenters. The van der Waals surface area contributed by atoms with Crippen molar-refractivity contribution in [3.8, 4) is 0 Å². The van der Waals surface area contributed by atoms with Gasteiger partial charge in [-0.25, -0.2) is 9.78 Å². The number of esters is 1. The fourth-order valence-electron chi connectivity index (χ4n) is 0.957. The Morgan fingerprint density at radius 1 is 1.64 bits per heavy atom. The number of nitrogens with one attached hydrogen (secondary N) is 1. The highest BCUT2D eigenvalue weighted by molar-refractivity contribution is 6.29. The predicted octanol–water partition coefficient (Wildman–Crippen LogP) is 1.95. The van der Waals surface area contributed by atoms with Crippen molar-refractivity contribution in [2.45, 2.75) is 6.92 Å². The van der Waals surface area contributed by atoms with Crippen LogP contribution in [0.5, 0.6) is 0 Å². The molecular formula is C9H11ClN2O2. The number of halogens is 1. The van der Waals surface area contributed by atoms with Gasteiger partial charge in [0.1, 0.15) is 11.0 Å². The molecule has 0 amide bonds. The maximum Gasteiger partial charge on any atom is 0.338 e. The van der Waals surface area contributed by atoms with E-state index in [2.05, 4.69) is 10.3 Å². The Labute approximate surface area is 87.2 Å². The number of ether oxygens (including phenoxy) is 1. The Morgan fingerprint density at radius 2 is 2.36 bits per heavy atom. The number of hydrogen-bond donors (Lipinski definition) is 1.